The van der Waals surface area contributed by atoms with Crippen LogP contribution < -0.4 is 4.90 Å². The SMILES string of the molecule is O=S1O[C@H]2COCC(N3c4ccccc4CCc4ccccc43)[C@H]2O1. The number of ether oxygens (including phenoxy) is 1. The van der Waals surface area contributed by atoms with Crippen LogP contribution in [0.2, 0.25) is 0 Å². The van der Waals surface area contributed by atoms with Crippen molar-refractivity contribution in [2.45, 2.75) is 31.1 Å². The van der Waals surface area contributed by atoms with Gasteiger partial charge in [0.05, 0.1) is 19.3 Å². The molecule has 0 spiro atoms. The molecule has 2 saturated heterocycles. The molecule has 2 unspecified atom stereocenters. The summed E-state index contributed by atoms with van der Waals surface area (Å²) < 4.78 is 28.6. The molecule has 2 aromatic carbocycles. The second-order valence-electron chi connectivity index (χ2n) is 6.63. The molecule has 25 heavy (non-hydrogen) atoms. The third-order valence-electron chi connectivity index (χ3n) is 5.21. The molecule has 6 heteroatoms. The van der Waals surface area contributed by atoms with Crippen LogP contribution in [0.3, 0.4) is 0 Å². The lowest BCUT2D eigenvalue weighted by molar-refractivity contribution is -0.0327. The van der Waals surface area contributed by atoms with E-state index in [-0.39, 0.29) is 18.2 Å². The molecule has 4 atom stereocenters. The quantitative estimate of drug-likeness (QED) is 0.785. The molecule has 0 bridgehead atoms. The van der Waals surface area contributed by atoms with Gasteiger partial charge in [0.1, 0.15) is 12.2 Å². The van der Waals surface area contributed by atoms with Crippen molar-refractivity contribution in [3.8, 4) is 0 Å². The number of benzene rings is 2. The maximum Gasteiger partial charge on any atom is 0.305 e. The van der Waals surface area contributed by atoms with Crippen LogP contribution in [0.15, 0.2) is 48.5 Å². The Kier molecular flexibility index (Phi) is 3.86. The molecule has 5 rings (SSSR count). The van der Waals surface area contributed by atoms with Crippen molar-refractivity contribution in [3.63, 3.8) is 0 Å². The van der Waals surface area contributed by atoms with Crippen LogP contribution in [0.5, 0.6) is 0 Å². The zero-order valence-electron chi connectivity index (χ0n) is 13.7. The van der Waals surface area contributed by atoms with Crippen LogP contribution in [-0.2, 0) is 37.3 Å². The summed E-state index contributed by atoms with van der Waals surface area (Å²) >= 11 is -1.69. The number of para-hydroxylation sites is 2. The van der Waals surface area contributed by atoms with Crippen LogP contribution in [0.4, 0.5) is 11.4 Å². The standard InChI is InChI=1S/C19H19NO4S/c21-25-23-18-12-22-11-17(19(18)24-25)20-15-7-3-1-5-13(15)9-10-14-6-2-4-8-16(14)20/h1-8,17-19H,9-12H2/t17?,18-,19+,25?/m0/s1. The molecule has 5 nitrogen and oxygen atoms in total. The Morgan fingerprint density at radius 2 is 1.52 bits per heavy atom. The fourth-order valence-corrected chi connectivity index (χ4v) is 4.90. The summed E-state index contributed by atoms with van der Waals surface area (Å²) in [5, 5.41) is 0. The van der Waals surface area contributed by atoms with Gasteiger partial charge in [-0.3, -0.25) is 8.37 Å². The smallest absolute Gasteiger partial charge is 0.305 e. The van der Waals surface area contributed by atoms with Crippen molar-refractivity contribution in [1.29, 1.82) is 0 Å². The average Bonchev–Trinajstić information content (AvgIpc) is 2.94. The minimum atomic E-state index is -1.69. The lowest BCUT2D eigenvalue weighted by atomic mass is 9.99. The zero-order chi connectivity index (χ0) is 16.8. The van der Waals surface area contributed by atoms with Crippen LogP contribution in [0.1, 0.15) is 11.1 Å². The van der Waals surface area contributed by atoms with Gasteiger partial charge in [-0.25, -0.2) is 0 Å². The van der Waals surface area contributed by atoms with E-state index < -0.39 is 11.4 Å². The summed E-state index contributed by atoms with van der Waals surface area (Å²) in [6.07, 6.45) is 1.43. The molecule has 130 valence electrons. The highest BCUT2D eigenvalue weighted by atomic mass is 32.2. The molecular weight excluding hydrogens is 338 g/mol. The summed E-state index contributed by atoms with van der Waals surface area (Å²) in [5.41, 5.74) is 4.95. The monoisotopic (exact) mass is 357 g/mol. The van der Waals surface area contributed by atoms with E-state index in [1.807, 2.05) is 0 Å². The second-order valence-corrected chi connectivity index (χ2v) is 7.43. The summed E-state index contributed by atoms with van der Waals surface area (Å²) in [7, 11) is 0. The van der Waals surface area contributed by atoms with Gasteiger partial charge >= 0.3 is 11.4 Å². The zero-order valence-corrected chi connectivity index (χ0v) is 14.5. The molecule has 0 amide bonds. The second kappa shape index (κ2) is 6.21. The van der Waals surface area contributed by atoms with Gasteiger partial charge in [0.25, 0.3) is 0 Å². The normalized spacial score (nSPS) is 31.0. The number of anilines is 2. The molecular formula is C19H19NO4S. The van der Waals surface area contributed by atoms with Crippen molar-refractivity contribution in [2.24, 2.45) is 0 Å². The molecule has 2 aromatic rings. The number of hydrogen-bond donors (Lipinski definition) is 0. The molecule has 3 heterocycles. The van der Waals surface area contributed by atoms with E-state index >= 15 is 0 Å². The highest BCUT2D eigenvalue weighted by Gasteiger charge is 2.47. The van der Waals surface area contributed by atoms with E-state index in [1.165, 1.54) is 22.5 Å². The molecule has 0 N–H and O–H groups in total. The third-order valence-corrected chi connectivity index (χ3v) is 5.99. The maximum absolute atomic E-state index is 11.8. The van der Waals surface area contributed by atoms with Gasteiger partial charge in [0, 0.05) is 11.4 Å². The Labute approximate surface area is 149 Å². The first kappa shape index (κ1) is 15.5. The van der Waals surface area contributed by atoms with Gasteiger partial charge in [-0.2, -0.15) is 4.21 Å². The van der Waals surface area contributed by atoms with Gasteiger partial charge in [0.2, 0.25) is 0 Å². The Morgan fingerprint density at radius 3 is 2.20 bits per heavy atom. The van der Waals surface area contributed by atoms with Gasteiger partial charge in [0.15, 0.2) is 0 Å². The predicted octanol–water partition coefficient (Wildman–Crippen LogP) is 2.68. The molecule has 3 aliphatic rings. The lowest BCUT2D eigenvalue weighted by Gasteiger charge is -2.40. The average molecular weight is 357 g/mol. The van der Waals surface area contributed by atoms with Crippen LogP contribution >= 0.6 is 0 Å². The predicted molar refractivity (Wildman–Crippen MR) is 94.9 cm³/mol. The van der Waals surface area contributed by atoms with Gasteiger partial charge in [-0.1, -0.05) is 36.4 Å². The lowest BCUT2D eigenvalue weighted by Crippen LogP contribution is -2.53. The van der Waals surface area contributed by atoms with E-state index in [0.717, 1.165) is 12.8 Å². The van der Waals surface area contributed by atoms with Gasteiger partial charge in [-0.15, -0.1) is 0 Å². The molecule has 0 aliphatic carbocycles. The van der Waals surface area contributed by atoms with Crippen LogP contribution in [0, 0.1) is 0 Å². The minimum absolute atomic E-state index is 0.0781. The van der Waals surface area contributed by atoms with Crippen molar-refractivity contribution in [3.05, 3.63) is 59.7 Å². The largest absolute Gasteiger partial charge is 0.376 e. The Balaban J connectivity index is 1.65. The summed E-state index contributed by atoms with van der Waals surface area (Å²) in [4.78, 5) is 2.31. The first-order chi connectivity index (χ1) is 12.3. The molecule has 0 aromatic heterocycles. The maximum atomic E-state index is 11.8. The Morgan fingerprint density at radius 1 is 0.880 bits per heavy atom. The van der Waals surface area contributed by atoms with E-state index in [0.29, 0.717) is 13.2 Å². The van der Waals surface area contributed by atoms with Crippen molar-refractivity contribution in [1.82, 2.24) is 0 Å². The third kappa shape index (κ3) is 2.60. The number of hydrogen-bond acceptors (Lipinski definition) is 5. The highest BCUT2D eigenvalue weighted by molar-refractivity contribution is 7.75. The van der Waals surface area contributed by atoms with Crippen molar-refractivity contribution in [2.75, 3.05) is 18.1 Å². The Bertz CT molecular complexity index is 779. The number of fused-ring (bicyclic) bond motifs is 3. The van der Waals surface area contributed by atoms with Gasteiger partial charge < -0.3 is 9.64 Å². The first-order valence-corrected chi connectivity index (χ1v) is 9.60. The number of nitrogens with zero attached hydrogens (tertiary/aromatic N) is 1. The van der Waals surface area contributed by atoms with E-state index in [9.17, 15) is 4.21 Å². The molecule has 3 aliphatic heterocycles. The van der Waals surface area contributed by atoms with E-state index in [2.05, 4.69) is 53.4 Å². The highest BCUT2D eigenvalue weighted by Crippen LogP contribution is 2.41. The van der Waals surface area contributed by atoms with Crippen molar-refractivity contribution >= 4 is 22.7 Å². The molecule has 2 fully saturated rings. The number of rotatable bonds is 1. The van der Waals surface area contributed by atoms with Gasteiger partial charge in [-0.05, 0) is 36.1 Å². The van der Waals surface area contributed by atoms with Crippen LogP contribution in [0.25, 0.3) is 0 Å². The Hall–Kier alpha value is -1.73. The fourth-order valence-electron chi connectivity index (χ4n) is 4.06. The summed E-state index contributed by atoms with van der Waals surface area (Å²) in [6, 6.07) is 16.9. The molecule has 0 radical (unpaired) electrons. The van der Waals surface area contributed by atoms with Crippen molar-refractivity contribution < 1.29 is 17.3 Å². The summed E-state index contributed by atoms with van der Waals surface area (Å²) in [6.45, 7) is 0.939. The van der Waals surface area contributed by atoms with E-state index in [1.54, 1.807) is 0 Å². The summed E-state index contributed by atoms with van der Waals surface area (Å²) in [5.74, 6) is 0. The minimum Gasteiger partial charge on any atom is -0.376 e. The topological polar surface area (TPSA) is 48.0 Å². The van der Waals surface area contributed by atoms with Crippen LogP contribution in [-0.4, -0.2) is 35.7 Å². The number of aryl methyl sites for hydroxylation is 2. The molecule has 0 saturated carbocycles. The van der Waals surface area contributed by atoms with E-state index in [4.69, 9.17) is 13.1 Å². The fraction of sp³-hybridized carbons (Fsp3) is 0.368. The first-order valence-electron chi connectivity index (χ1n) is 8.60.